The molecule has 3 N–H and O–H groups in total. The molecule has 1 aromatic rings. The van der Waals surface area contributed by atoms with Crippen molar-refractivity contribution in [3.8, 4) is 6.07 Å². The van der Waals surface area contributed by atoms with Crippen LogP contribution in [-0.4, -0.2) is 21.0 Å². The Hall–Kier alpha value is -1.42. The van der Waals surface area contributed by atoms with Crippen molar-refractivity contribution in [3.63, 3.8) is 0 Å². The molecule has 1 saturated carbocycles. The number of nitriles is 1. The van der Waals surface area contributed by atoms with Gasteiger partial charge in [0, 0.05) is 6.04 Å². The fraction of sp³-hybridized carbons (Fsp3) is 0.500. The van der Waals surface area contributed by atoms with Crippen molar-refractivity contribution in [1.29, 1.82) is 5.26 Å². The minimum Gasteiger partial charge on any atom is -0.330 e. The van der Waals surface area contributed by atoms with E-state index >= 15 is 0 Å². The van der Waals surface area contributed by atoms with E-state index in [1.807, 2.05) is 6.07 Å². The third-order valence-corrected chi connectivity index (χ3v) is 5.51. The fourth-order valence-corrected chi connectivity index (χ4v) is 4.32. The van der Waals surface area contributed by atoms with Crippen molar-refractivity contribution < 1.29 is 8.42 Å². The second-order valence-corrected chi connectivity index (χ2v) is 6.93. The molecule has 6 heteroatoms. The van der Waals surface area contributed by atoms with Crippen molar-refractivity contribution >= 4 is 10.0 Å². The number of sulfonamides is 1. The molecule has 20 heavy (non-hydrogen) atoms. The second kappa shape index (κ2) is 5.92. The van der Waals surface area contributed by atoms with Gasteiger partial charge < -0.3 is 5.73 Å². The van der Waals surface area contributed by atoms with Crippen LogP contribution in [0.5, 0.6) is 0 Å². The Balaban J connectivity index is 2.25. The molecule has 0 aromatic heterocycles. The zero-order valence-electron chi connectivity index (χ0n) is 11.5. The van der Waals surface area contributed by atoms with E-state index in [-0.39, 0.29) is 16.9 Å². The Morgan fingerprint density at radius 3 is 2.80 bits per heavy atom. The Labute approximate surface area is 119 Å². The summed E-state index contributed by atoms with van der Waals surface area (Å²) in [5, 5.41) is 8.82. The molecule has 1 fully saturated rings. The highest BCUT2D eigenvalue weighted by Gasteiger charge is 2.30. The molecule has 5 nitrogen and oxygen atoms in total. The Morgan fingerprint density at radius 2 is 2.20 bits per heavy atom. The number of rotatable bonds is 4. The summed E-state index contributed by atoms with van der Waals surface area (Å²) in [4.78, 5) is 0.235. The molecule has 0 bridgehead atoms. The minimum atomic E-state index is -3.56. The molecule has 108 valence electrons. The molecule has 0 heterocycles. The number of benzene rings is 1. The van der Waals surface area contributed by atoms with Gasteiger partial charge in [-0.25, -0.2) is 13.1 Å². The Kier molecular flexibility index (Phi) is 4.43. The van der Waals surface area contributed by atoms with Crippen LogP contribution in [0.15, 0.2) is 23.1 Å². The molecule has 1 aliphatic carbocycles. The van der Waals surface area contributed by atoms with Crippen LogP contribution >= 0.6 is 0 Å². The lowest BCUT2D eigenvalue weighted by Gasteiger charge is -2.20. The van der Waals surface area contributed by atoms with Crippen molar-refractivity contribution in [2.45, 2.75) is 37.1 Å². The summed E-state index contributed by atoms with van der Waals surface area (Å²) in [5.74, 6) is 0.212. The zero-order chi connectivity index (χ0) is 14.8. The van der Waals surface area contributed by atoms with Crippen molar-refractivity contribution in [2.75, 3.05) is 6.54 Å². The average molecular weight is 293 g/mol. The number of hydrogen-bond donors (Lipinski definition) is 2. The molecule has 2 rings (SSSR count). The summed E-state index contributed by atoms with van der Waals surface area (Å²) in [6.45, 7) is 2.20. The van der Waals surface area contributed by atoms with Gasteiger partial charge in [0.15, 0.2) is 0 Å². The summed E-state index contributed by atoms with van der Waals surface area (Å²) in [6.07, 6.45) is 2.80. The van der Waals surface area contributed by atoms with E-state index in [1.54, 1.807) is 13.0 Å². The van der Waals surface area contributed by atoms with E-state index in [2.05, 4.69) is 4.72 Å². The van der Waals surface area contributed by atoms with Gasteiger partial charge in [-0.3, -0.25) is 0 Å². The standard InChI is InChI=1S/C14H19N3O2S/c1-10-7-11(8-15)5-6-14(10)20(18,19)17-13-4-2-3-12(13)9-16/h5-7,12-13,17H,2-4,9,16H2,1H3. The number of nitrogens with two attached hydrogens (primary N) is 1. The van der Waals surface area contributed by atoms with E-state index < -0.39 is 10.0 Å². The molecule has 0 spiro atoms. The lowest BCUT2D eigenvalue weighted by Crippen LogP contribution is -2.40. The molecule has 1 aromatic carbocycles. The smallest absolute Gasteiger partial charge is 0.241 e. The monoisotopic (exact) mass is 293 g/mol. The molecular formula is C14H19N3O2S. The van der Waals surface area contributed by atoms with E-state index in [9.17, 15) is 8.42 Å². The quantitative estimate of drug-likeness (QED) is 0.873. The average Bonchev–Trinajstić information content (AvgIpc) is 2.84. The van der Waals surface area contributed by atoms with Gasteiger partial charge in [-0.2, -0.15) is 5.26 Å². The largest absolute Gasteiger partial charge is 0.330 e. The third-order valence-electron chi connectivity index (χ3n) is 3.86. The van der Waals surface area contributed by atoms with Gasteiger partial charge in [0.1, 0.15) is 0 Å². The number of aryl methyl sites for hydroxylation is 1. The predicted octanol–water partition coefficient (Wildman–Crippen LogP) is 1.27. The molecular weight excluding hydrogens is 274 g/mol. The number of nitrogens with one attached hydrogen (secondary N) is 1. The van der Waals surface area contributed by atoms with Crippen LogP contribution in [0.25, 0.3) is 0 Å². The zero-order valence-corrected chi connectivity index (χ0v) is 12.3. The molecule has 0 amide bonds. The van der Waals surface area contributed by atoms with Gasteiger partial charge in [0.05, 0.1) is 16.5 Å². The molecule has 0 aliphatic heterocycles. The highest BCUT2D eigenvalue weighted by molar-refractivity contribution is 7.89. The van der Waals surface area contributed by atoms with E-state index in [4.69, 9.17) is 11.0 Å². The van der Waals surface area contributed by atoms with Crippen molar-refractivity contribution in [3.05, 3.63) is 29.3 Å². The maximum atomic E-state index is 12.4. The lowest BCUT2D eigenvalue weighted by molar-refractivity contribution is 0.452. The van der Waals surface area contributed by atoms with E-state index in [1.165, 1.54) is 12.1 Å². The first-order valence-electron chi connectivity index (χ1n) is 6.71. The van der Waals surface area contributed by atoms with Gasteiger partial charge in [0.2, 0.25) is 10.0 Å². The van der Waals surface area contributed by atoms with Gasteiger partial charge in [-0.1, -0.05) is 6.42 Å². The van der Waals surface area contributed by atoms with Crippen LogP contribution in [0.2, 0.25) is 0 Å². The molecule has 2 atom stereocenters. The molecule has 1 aliphatic rings. The topological polar surface area (TPSA) is 96.0 Å². The van der Waals surface area contributed by atoms with Crippen LogP contribution in [0, 0.1) is 24.2 Å². The summed E-state index contributed by atoms with van der Waals surface area (Å²) in [5.41, 5.74) is 6.72. The van der Waals surface area contributed by atoms with Gasteiger partial charge >= 0.3 is 0 Å². The normalized spacial score (nSPS) is 22.6. The predicted molar refractivity (Wildman–Crippen MR) is 76.4 cm³/mol. The molecule has 2 unspecified atom stereocenters. The van der Waals surface area contributed by atoms with Gasteiger partial charge in [-0.05, 0) is 56.0 Å². The van der Waals surface area contributed by atoms with Crippen LogP contribution in [-0.2, 0) is 10.0 Å². The van der Waals surface area contributed by atoms with Crippen LogP contribution in [0.3, 0.4) is 0 Å². The van der Waals surface area contributed by atoms with Gasteiger partial charge in [-0.15, -0.1) is 0 Å². The first kappa shape index (κ1) is 15.0. The van der Waals surface area contributed by atoms with Crippen molar-refractivity contribution in [1.82, 2.24) is 4.72 Å². The summed E-state index contributed by atoms with van der Waals surface area (Å²) >= 11 is 0. The first-order chi connectivity index (χ1) is 9.47. The highest BCUT2D eigenvalue weighted by Crippen LogP contribution is 2.27. The van der Waals surface area contributed by atoms with Crippen LogP contribution in [0.1, 0.15) is 30.4 Å². The summed E-state index contributed by atoms with van der Waals surface area (Å²) in [7, 11) is -3.56. The maximum absolute atomic E-state index is 12.4. The molecule has 0 radical (unpaired) electrons. The van der Waals surface area contributed by atoms with Gasteiger partial charge in [0.25, 0.3) is 0 Å². The van der Waals surface area contributed by atoms with E-state index in [0.717, 1.165) is 19.3 Å². The minimum absolute atomic E-state index is 0.0833. The van der Waals surface area contributed by atoms with E-state index in [0.29, 0.717) is 17.7 Å². The van der Waals surface area contributed by atoms with Crippen LogP contribution in [0.4, 0.5) is 0 Å². The Bertz CT molecular complexity index is 634. The molecule has 0 saturated heterocycles. The first-order valence-corrected chi connectivity index (χ1v) is 8.19. The number of hydrogen-bond acceptors (Lipinski definition) is 4. The lowest BCUT2D eigenvalue weighted by atomic mass is 10.1. The summed E-state index contributed by atoms with van der Waals surface area (Å²) < 4.78 is 27.6. The summed E-state index contributed by atoms with van der Waals surface area (Å²) in [6, 6.07) is 6.52. The number of nitrogens with zero attached hydrogens (tertiary/aromatic N) is 1. The third kappa shape index (κ3) is 3.01. The van der Waals surface area contributed by atoms with Crippen LogP contribution < -0.4 is 10.5 Å². The Morgan fingerprint density at radius 1 is 1.45 bits per heavy atom. The van der Waals surface area contributed by atoms with Crippen molar-refractivity contribution in [2.24, 2.45) is 11.7 Å². The SMILES string of the molecule is Cc1cc(C#N)ccc1S(=O)(=O)NC1CCCC1CN. The maximum Gasteiger partial charge on any atom is 0.241 e. The second-order valence-electron chi connectivity index (χ2n) is 5.25. The highest BCUT2D eigenvalue weighted by atomic mass is 32.2. The fourth-order valence-electron chi connectivity index (χ4n) is 2.76.